The first-order valence-corrected chi connectivity index (χ1v) is 12.1. The van der Waals surface area contributed by atoms with Gasteiger partial charge in [-0.1, -0.05) is 17.7 Å². The first-order valence-electron chi connectivity index (χ1n) is 10.9. The van der Waals surface area contributed by atoms with Crippen LogP contribution in [0, 0.1) is 23.4 Å². The molecule has 5 nitrogen and oxygen atoms in total. The third-order valence-electron chi connectivity index (χ3n) is 6.23. The van der Waals surface area contributed by atoms with Gasteiger partial charge in [0.15, 0.2) is 5.82 Å². The van der Waals surface area contributed by atoms with E-state index in [0.29, 0.717) is 12.1 Å². The second-order valence-electron chi connectivity index (χ2n) is 8.71. The molecule has 1 unspecified atom stereocenters. The molecule has 2 atom stereocenters. The number of nitrogens with two attached hydrogens (primary N) is 1. The fraction of sp³-hybridized carbons (Fsp3) is 0.200. The normalized spacial score (nSPS) is 18.0. The minimum absolute atomic E-state index is 0.0325. The van der Waals surface area contributed by atoms with Gasteiger partial charge in [-0.15, -0.1) is 23.2 Å². The van der Waals surface area contributed by atoms with Gasteiger partial charge in [0.1, 0.15) is 21.7 Å². The van der Waals surface area contributed by atoms with E-state index in [2.05, 4.69) is 5.32 Å². The molecule has 1 saturated carbocycles. The molecule has 3 aromatic carbocycles. The Morgan fingerprint density at radius 1 is 1.00 bits per heavy atom. The Morgan fingerprint density at radius 2 is 1.64 bits per heavy atom. The number of benzene rings is 3. The summed E-state index contributed by atoms with van der Waals surface area (Å²) < 4.78 is 79.3. The summed E-state index contributed by atoms with van der Waals surface area (Å²) in [7, 11) is 1.20. The molecule has 4 rings (SSSR count). The van der Waals surface area contributed by atoms with Gasteiger partial charge in [0.05, 0.1) is 27.8 Å². The van der Waals surface area contributed by atoms with Gasteiger partial charge in [-0.2, -0.15) is 13.2 Å². The van der Waals surface area contributed by atoms with E-state index >= 15 is 0 Å². The molecule has 0 heterocycles. The molecule has 0 aromatic heterocycles. The molecule has 14 heteroatoms. The van der Waals surface area contributed by atoms with Crippen LogP contribution in [0.4, 0.5) is 43.4 Å². The Kier molecular flexibility index (Phi) is 7.48. The van der Waals surface area contributed by atoms with Crippen LogP contribution in [0.2, 0.25) is 5.02 Å². The van der Waals surface area contributed by atoms with Crippen LogP contribution in [0.25, 0.3) is 0 Å². The van der Waals surface area contributed by atoms with Crippen molar-refractivity contribution >= 4 is 63.7 Å². The van der Waals surface area contributed by atoms with Crippen LogP contribution in [-0.4, -0.2) is 23.2 Å². The molecule has 0 radical (unpaired) electrons. The summed E-state index contributed by atoms with van der Waals surface area (Å²) in [6.07, 6.45) is -4.98. The largest absolute Gasteiger partial charge is 0.419 e. The number of carbonyl (C=O) groups excluding carboxylic acids is 2. The molecule has 3 aromatic rings. The molecule has 0 spiro atoms. The number of amides is 2. The van der Waals surface area contributed by atoms with Crippen molar-refractivity contribution in [2.45, 2.75) is 16.4 Å². The van der Waals surface area contributed by atoms with Crippen molar-refractivity contribution in [3.63, 3.8) is 0 Å². The quantitative estimate of drug-likeness (QED) is 0.183. The summed E-state index contributed by atoms with van der Waals surface area (Å²) in [5.41, 5.74) is 2.47. The van der Waals surface area contributed by atoms with Crippen LogP contribution < -0.4 is 16.0 Å². The monoisotopic (exact) mass is 609 g/mol. The number of hydrogen-bond donors (Lipinski definition) is 2. The zero-order valence-electron chi connectivity index (χ0n) is 19.5. The molecule has 1 aliphatic carbocycles. The van der Waals surface area contributed by atoms with Gasteiger partial charge >= 0.3 is 6.18 Å². The first-order chi connectivity index (χ1) is 18.1. The molecule has 39 heavy (non-hydrogen) atoms. The number of anilines is 3. The summed E-state index contributed by atoms with van der Waals surface area (Å²) >= 11 is 18.6. The van der Waals surface area contributed by atoms with E-state index in [1.54, 1.807) is 0 Å². The minimum Gasteiger partial charge on any atom is -0.394 e. The van der Waals surface area contributed by atoms with Crippen molar-refractivity contribution in [1.29, 1.82) is 0 Å². The lowest BCUT2D eigenvalue weighted by molar-refractivity contribution is -0.140. The molecule has 1 aliphatic rings. The van der Waals surface area contributed by atoms with Gasteiger partial charge in [-0.05, 0) is 48.0 Å². The molecule has 206 valence electrons. The number of rotatable bonds is 5. The van der Waals surface area contributed by atoms with Crippen LogP contribution in [0.5, 0.6) is 0 Å². The fourth-order valence-corrected chi connectivity index (χ4v) is 5.14. The van der Waals surface area contributed by atoms with Crippen LogP contribution in [0.3, 0.4) is 0 Å². The zero-order chi connectivity index (χ0) is 29.0. The SMILES string of the molecule is CN(C(=O)c1cc(NC(=O)C2[C@H](c3ccc(F)c(C(F)(F)F)c3)C2(Cl)Cl)ccc1Cl)c1ccc(F)c(N)c1F. The lowest BCUT2D eigenvalue weighted by atomic mass is 10.0. The fourth-order valence-electron chi connectivity index (χ4n) is 4.12. The highest BCUT2D eigenvalue weighted by Gasteiger charge is 2.67. The molecule has 1 fully saturated rings. The molecule has 2 amide bonds. The lowest BCUT2D eigenvalue weighted by Gasteiger charge is -2.20. The number of alkyl halides is 5. The first kappa shape index (κ1) is 28.8. The predicted molar refractivity (Wildman–Crippen MR) is 136 cm³/mol. The highest BCUT2D eigenvalue weighted by Crippen LogP contribution is 2.65. The number of halogens is 9. The number of nitrogens with zero attached hydrogens (tertiary/aromatic N) is 1. The Morgan fingerprint density at radius 3 is 2.28 bits per heavy atom. The maximum absolute atomic E-state index is 14.4. The molecule has 0 bridgehead atoms. The van der Waals surface area contributed by atoms with Gasteiger partial charge in [-0.25, -0.2) is 13.2 Å². The van der Waals surface area contributed by atoms with E-state index in [9.17, 15) is 35.9 Å². The van der Waals surface area contributed by atoms with E-state index in [4.69, 9.17) is 40.5 Å². The Hall–Kier alpha value is -3.15. The van der Waals surface area contributed by atoms with E-state index < -0.39 is 62.9 Å². The van der Waals surface area contributed by atoms with Crippen molar-refractivity contribution in [2.75, 3.05) is 23.0 Å². The smallest absolute Gasteiger partial charge is 0.394 e. The molecule has 0 saturated heterocycles. The summed E-state index contributed by atoms with van der Waals surface area (Å²) in [6, 6.07) is 7.86. The second kappa shape index (κ2) is 10.1. The maximum Gasteiger partial charge on any atom is 0.419 e. The zero-order valence-corrected chi connectivity index (χ0v) is 21.8. The highest BCUT2D eigenvalue weighted by molar-refractivity contribution is 6.53. The summed E-state index contributed by atoms with van der Waals surface area (Å²) in [6.45, 7) is 0. The van der Waals surface area contributed by atoms with Gasteiger partial charge in [0.25, 0.3) is 5.91 Å². The highest BCUT2D eigenvalue weighted by atomic mass is 35.5. The van der Waals surface area contributed by atoms with Crippen molar-refractivity contribution in [3.05, 3.63) is 87.7 Å². The van der Waals surface area contributed by atoms with Crippen molar-refractivity contribution in [2.24, 2.45) is 5.92 Å². The van der Waals surface area contributed by atoms with E-state index in [1.165, 1.54) is 25.2 Å². The topological polar surface area (TPSA) is 75.4 Å². The lowest BCUT2D eigenvalue weighted by Crippen LogP contribution is -2.28. The second-order valence-corrected chi connectivity index (χ2v) is 10.6. The van der Waals surface area contributed by atoms with Gasteiger partial charge < -0.3 is 16.0 Å². The van der Waals surface area contributed by atoms with Gasteiger partial charge in [0, 0.05) is 18.7 Å². The minimum atomic E-state index is -4.98. The van der Waals surface area contributed by atoms with E-state index in [-0.39, 0.29) is 27.5 Å². The predicted octanol–water partition coefficient (Wildman–Crippen LogP) is 7.16. The van der Waals surface area contributed by atoms with Crippen molar-refractivity contribution in [1.82, 2.24) is 0 Å². The molecular formula is C25H16Cl3F6N3O2. The Balaban J connectivity index is 1.56. The van der Waals surface area contributed by atoms with Crippen LogP contribution in [0.15, 0.2) is 48.5 Å². The van der Waals surface area contributed by atoms with Crippen LogP contribution in [-0.2, 0) is 11.0 Å². The molecular weight excluding hydrogens is 595 g/mol. The Labute approximate surface area is 232 Å². The average Bonchev–Trinajstić information content (AvgIpc) is 3.44. The van der Waals surface area contributed by atoms with E-state index in [0.717, 1.165) is 23.1 Å². The van der Waals surface area contributed by atoms with Crippen LogP contribution >= 0.6 is 34.8 Å². The number of nitrogen functional groups attached to an aromatic ring is 1. The standard InChI is InChI=1S/C25H16Cl3F6N3O2/c1-37(17-7-6-16(30)21(35)20(17)31)23(39)12-9-11(3-4-14(12)26)36-22(38)19-18(24(19,27)28)10-2-5-15(29)13(8-10)25(32,33)34/h2-9,18-19H,35H2,1H3,(H,36,38)/t18-,19?/m0/s1. The third-order valence-corrected chi connectivity index (χ3v) is 7.50. The number of nitrogens with one attached hydrogen (secondary N) is 1. The summed E-state index contributed by atoms with van der Waals surface area (Å²) in [5, 5.41) is 2.40. The van der Waals surface area contributed by atoms with Crippen LogP contribution in [0.1, 0.15) is 27.4 Å². The van der Waals surface area contributed by atoms with Crippen molar-refractivity contribution < 1.29 is 35.9 Å². The van der Waals surface area contributed by atoms with E-state index in [1.807, 2.05) is 0 Å². The summed E-state index contributed by atoms with van der Waals surface area (Å²) in [4.78, 5) is 26.8. The average molecular weight is 611 g/mol. The Bertz CT molecular complexity index is 1500. The molecule has 3 N–H and O–H groups in total. The summed E-state index contributed by atoms with van der Waals surface area (Å²) in [5.74, 6) is -7.61. The molecule has 0 aliphatic heterocycles. The number of carbonyl (C=O) groups is 2. The van der Waals surface area contributed by atoms with Gasteiger partial charge in [-0.3, -0.25) is 9.59 Å². The number of hydrogen-bond acceptors (Lipinski definition) is 3. The van der Waals surface area contributed by atoms with Gasteiger partial charge in [0.2, 0.25) is 5.91 Å². The maximum atomic E-state index is 14.4. The van der Waals surface area contributed by atoms with Crippen molar-refractivity contribution in [3.8, 4) is 0 Å². The third kappa shape index (κ3) is 5.35.